The van der Waals surface area contributed by atoms with Crippen LogP contribution in [0.25, 0.3) is 0 Å². The lowest BCUT2D eigenvalue weighted by molar-refractivity contribution is 0.843. The van der Waals surface area contributed by atoms with Gasteiger partial charge >= 0.3 is 0 Å². The highest BCUT2D eigenvalue weighted by Crippen LogP contribution is 1.93. The Bertz CT molecular complexity index is 160. The zero-order valence-corrected chi connectivity index (χ0v) is 5.12. The van der Waals surface area contributed by atoms with E-state index in [1.54, 1.807) is 12.4 Å². The van der Waals surface area contributed by atoms with Gasteiger partial charge in [-0.25, -0.2) is 0 Å². The molecule has 2 heteroatoms. The Kier molecular flexibility index (Phi) is 2.22. The Morgan fingerprint density at radius 3 is 3.11 bits per heavy atom. The van der Waals surface area contributed by atoms with Crippen molar-refractivity contribution >= 4 is 0 Å². The summed E-state index contributed by atoms with van der Waals surface area (Å²) in [6.45, 7) is 0.661. The van der Waals surface area contributed by atoms with Crippen LogP contribution in [0.3, 0.4) is 0 Å². The van der Waals surface area contributed by atoms with E-state index in [0.717, 1.165) is 5.56 Å². The van der Waals surface area contributed by atoms with E-state index in [4.69, 9.17) is 0 Å². The molecule has 1 aromatic rings. The standard InChI is InChI=1S/C7H8N2/c1-8-5-7-3-2-4-9-6-7/h2-4,6H,1,5H2/q-1. The lowest BCUT2D eigenvalue weighted by Crippen LogP contribution is -1.93. The summed E-state index contributed by atoms with van der Waals surface area (Å²) in [5.41, 5.74) is 1.10. The molecule has 1 heterocycles. The molecule has 47 valence electrons. The number of hydrogen-bond donors (Lipinski definition) is 0. The van der Waals surface area contributed by atoms with Crippen molar-refractivity contribution in [3.8, 4) is 0 Å². The molecule has 1 radical (unpaired) electrons. The van der Waals surface area contributed by atoms with Crippen molar-refractivity contribution in [3.63, 3.8) is 0 Å². The first-order chi connectivity index (χ1) is 4.43. The molecule has 1 rings (SSSR count). The minimum Gasteiger partial charge on any atom is -0.420 e. The molecule has 0 atom stereocenters. The monoisotopic (exact) mass is 120 g/mol. The van der Waals surface area contributed by atoms with Gasteiger partial charge in [0.2, 0.25) is 0 Å². The SMILES string of the molecule is [CH2-][N]Cc1cccnc1. The second-order valence-corrected chi connectivity index (χ2v) is 1.74. The quantitative estimate of drug-likeness (QED) is 0.534. The van der Waals surface area contributed by atoms with Gasteiger partial charge in [0.25, 0.3) is 0 Å². The molecule has 0 saturated carbocycles. The molecular formula is C7H8N2-. The molecule has 0 aliphatic heterocycles. The molecule has 0 spiro atoms. The first kappa shape index (κ1) is 6.23. The highest BCUT2D eigenvalue weighted by Gasteiger charge is 1.83. The number of hydrogen-bond acceptors (Lipinski definition) is 1. The van der Waals surface area contributed by atoms with Gasteiger partial charge in [-0.15, -0.1) is 0 Å². The minimum absolute atomic E-state index is 0.661. The maximum Gasteiger partial charge on any atom is 0.0312 e. The summed E-state index contributed by atoms with van der Waals surface area (Å²) in [7, 11) is 3.38. The third kappa shape index (κ3) is 1.82. The van der Waals surface area contributed by atoms with Crippen LogP contribution >= 0.6 is 0 Å². The topological polar surface area (TPSA) is 27.0 Å². The maximum atomic E-state index is 3.92. The van der Waals surface area contributed by atoms with E-state index in [9.17, 15) is 0 Å². The molecule has 0 N–H and O–H groups in total. The average Bonchev–Trinajstić information content (AvgIpc) is 1.91. The van der Waals surface area contributed by atoms with Gasteiger partial charge in [0.05, 0.1) is 0 Å². The second-order valence-electron chi connectivity index (χ2n) is 1.74. The lowest BCUT2D eigenvalue weighted by atomic mass is 10.3. The van der Waals surface area contributed by atoms with Gasteiger partial charge in [-0.1, -0.05) is 6.07 Å². The Morgan fingerprint density at radius 2 is 2.56 bits per heavy atom. The molecule has 0 saturated heterocycles. The zero-order chi connectivity index (χ0) is 6.53. The van der Waals surface area contributed by atoms with Gasteiger partial charge in [0.1, 0.15) is 0 Å². The summed E-state index contributed by atoms with van der Waals surface area (Å²) in [4.78, 5) is 3.92. The van der Waals surface area contributed by atoms with Crippen molar-refractivity contribution in [3.05, 3.63) is 37.1 Å². The lowest BCUT2D eigenvalue weighted by Gasteiger charge is -1.99. The van der Waals surface area contributed by atoms with E-state index in [-0.39, 0.29) is 0 Å². The highest BCUT2D eigenvalue weighted by molar-refractivity contribution is 5.07. The molecule has 0 aromatic carbocycles. The van der Waals surface area contributed by atoms with Crippen LogP contribution in [0.2, 0.25) is 0 Å². The van der Waals surface area contributed by atoms with E-state index < -0.39 is 0 Å². The molecule has 9 heavy (non-hydrogen) atoms. The van der Waals surface area contributed by atoms with E-state index >= 15 is 0 Å². The first-order valence-corrected chi connectivity index (χ1v) is 2.75. The van der Waals surface area contributed by atoms with Crippen LogP contribution in [0, 0.1) is 7.05 Å². The number of pyridine rings is 1. The Morgan fingerprint density at radius 1 is 1.67 bits per heavy atom. The maximum absolute atomic E-state index is 3.92. The van der Waals surface area contributed by atoms with Crippen LogP contribution in [-0.4, -0.2) is 4.98 Å². The predicted molar refractivity (Wildman–Crippen MR) is 35.4 cm³/mol. The van der Waals surface area contributed by atoms with Crippen LogP contribution in [0.5, 0.6) is 0 Å². The van der Waals surface area contributed by atoms with E-state index in [1.165, 1.54) is 0 Å². The number of rotatable bonds is 2. The van der Waals surface area contributed by atoms with E-state index in [0.29, 0.717) is 6.54 Å². The minimum atomic E-state index is 0.661. The van der Waals surface area contributed by atoms with Crippen molar-refractivity contribution in [1.82, 2.24) is 10.3 Å². The molecule has 0 amide bonds. The molecule has 0 aliphatic rings. The summed E-state index contributed by atoms with van der Waals surface area (Å²) in [5, 5.41) is 3.72. The van der Waals surface area contributed by atoms with Crippen LogP contribution in [0.15, 0.2) is 24.5 Å². The normalized spacial score (nSPS) is 9.44. The van der Waals surface area contributed by atoms with Gasteiger partial charge in [0.15, 0.2) is 0 Å². The number of aromatic nitrogens is 1. The fourth-order valence-electron chi connectivity index (χ4n) is 0.621. The smallest absolute Gasteiger partial charge is 0.0312 e. The second kappa shape index (κ2) is 3.20. The summed E-state index contributed by atoms with van der Waals surface area (Å²) in [6, 6.07) is 3.86. The summed E-state index contributed by atoms with van der Waals surface area (Å²) < 4.78 is 0. The summed E-state index contributed by atoms with van der Waals surface area (Å²) in [5.74, 6) is 0. The van der Waals surface area contributed by atoms with Crippen LogP contribution in [0.4, 0.5) is 0 Å². The van der Waals surface area contributed by atoms with Gasteiger partial charge in [-0.05, 0) is 11.6 Å². The first-order valence-electron chi connectivity index (χ1n) is 2.75. The molecular weight excluding hydrogens is 112 g/mol. The third-order valence-electron chi connectivity index (χ3n) is 1.02. The molecule has 0 bridgehead atoms. The Balaban J connectivity index is 2.61. The van der Waals surface area contributed by atoms with Gasteiger partial charge in [-0.2, -0.15) is 0 Å². The molecule has 0 fully saturated rings. The molecule has 1 aromatic heterocycles. The molecule has 0 unspecified atom stereocenters. The average molecular weight is 120 g/mol. The van der Waals surface area contributed by atoms with Gasteiger partial charge in [0, 0.05) is 18.9 Å². The van der Waals surface area contributed by atoms with Crippen molar-refractivity contribution in [1.29, 1.82) is 0 Å². The molecule has 0 aliphatic carbocycles. The Labute approximate surface area is 54.9 Å². The molecule has 2 nitrogen and oxygen atoms in total. The van der Waals surface area contributed by atoms with Crippen molar-refractivity contribution in [2.24, 2.45) is 0 Å². The van der Waals surface area contributed by atoms with E-state index in [2.05, 4.69) is 17.3 Å². The third-order valence-corrected chi connectivity index (χ3v) is 1.02. The van der Waals surface area contributed by atoms with Crippen molar-refractivity contribution in [2.45, 2.75) is 6.54 Å². The van der Waals surface area contributed by atoms with Crippen LogP contribution in [0.1, 0.15) is 5.56 Å². The fraction of sp³-hybridized carbons (Fsp3) is 0.143. The van der Waals surface area contributed by atoms with Gasteiger partial charge < -0.3 is 5.32 Å². The Hall–Kier alpha value is -0.890. The highest BCUT2D eigenvalue weighted by atomic mass is 14.8. The summed E-state index contributed by atoms with van der Waals surface area (Å²) in [6.07, 6.45) is 3.53. The fourth-order valence-corrected chi connectivity index (χ4v) is 0.621. The summed E-state index contributed by atoms with van der Waals surface area (Å²) >= 11 is 0. The van der Waals surface area contributed by atoms with Crippen molar-refractivity contribution < 1.29 is 0 Å². The number of nitrogens with zero attached hydrogens (tertiary/aromatic N) is 2. The predicted octanol–water partition coefficient (Wildman–Crippen LogP) is 0.978. The van der Waals surface area contributed by atoms with E-state index in [1.807, 2.05) is 12.1 Å². The largest absolute Gasteiger partial charge is 0.420 e. The van der Waals surface area contributed by atoms with Gasteiger partial charge in [-0.3, -0.25) is 12.0 Å². The van der Waals surface area contributed by atoms with Crippen LogP contribution in [-0.2, 0) is 6.54 Å². The zero-order valence-electron chi connectivity index (χ0n) is 5.12. The van der Waals surface area contributed by atoms with Crippen LogP contribution < -0.4 is 5.32 Å². The van der Waals surface area contributed by atoms with Crippen molar-refractivity contribution in [2.75, 3.05) is 0 Å².